The molecule has 0 aliphatic carbocycles. The van der Waals surface area contributed by atoms with Crippen molar-refractivity contribution in [1.29, 1.82) is 0 Å². The van der Waals surface area contributed by atoms with Gasteiger partial charge >= 0.3 is 12.1 Å². The Bertz CT molecular complexity index is 1800. The first kappa shape index (κ1) is 25.7. The van der Waals surface area contributed by atoms with E-state index in [0.29, 0.717) is 5.56 Å². The number of carboxylic acids is 1. The molecule has 0 aliphatic heterocycles. The van der Waals surface area contributed by atoms with Gasteiger partial charge in [-0.05, 0) is 50.2 Å². The first-order valence-corrected chi connectivity index (χ1v) is 12.3. The molecule has 0 bridgehead atoms. The Hall–Kier alpha value is -3.96. The second-order valence-corrected chi connectivity index (χ2v) is 10.2. The van der Waals surface area contributed by atoms with Crippen molar-refractivity contribution in [3.05, 3.63) is 85.7 Å². The van der Waals surface area contributed by atoms with Crippen LogP contribution in [0, 0.1) is 6.92 Å². The molecule has 38 heavy (non-hydrogen) atoms. The number of benzene rings is 2. The number of fused-ring (bicyclic) bond motifs is 2. The highest BCUT2D eigenvalue weighted by molar-refractivity contribution is 7.18. The molecule has 194 valence electrons. The van der Waals surface area contributed by atoms with E-state index in [1.807, 2.05) is 6.92 Å². The van der Waals surface area contributed by atoms with Crippen molar-refractivity contribution >= 4 is 55.8 Å². The standard InChI is InChI=1S/C26H17ClF3N3O4S/c1-11(32-22-17(27)5-6-31-23(22)25(35)36)15-8-14(26(28,29)30)9-16-19(34)10-20(37-24(15)16)13-3-4-18-21(7-13)38-12(2)33-18/h3-11,32H,1-2H3,(H,35,36). The van der Waals surface area contributed by atoms with Gasteiger partial charge in [0.05, 0.1) is 42.9 Å². The molecular formula is C26H17ClF3N3O4S. The van der Waals surface area contributed by atoms with Gasteiger partial charge in [-0.25, -0.2) is 14.8 Å². The van der Waals surface area contributed by atoms with E-state index in [1.165, 1.54) is 30.5 Å². The van der Waals surface area contributed by atoms with E-state index in [4.69, 9.17) is 16.0 Å². The zero-order valence-corrected chi connectivity index (χ0v) is 21.3. The molecule has 0 amide bonds. The Morgan fingerprint density at radius 3 is 2.66 bits per heavy atom. The Balaban J connectivity index is 1.71. The van der Waals surface area contributed by atoms with Gasteiger partial charge in [0.25, 0.3) is 0 Å². The molecule has 7 nitrogen and oxygen atoms in total. The number of pyridine rings is 1. The van der Waals surface area contributed by atoms with Crippen LogP contribution in [0.4, 0.5) is 18.9 Å². The molecule has 2 N–H and O–H groups in total. The van der Waals surface area contributed by atoms with Crippen molar-refractivity contribution in [2.24, 2.45) is 0 Å². The molecule has 0 radical (unpaired) electrons. The molecule has 5 aromatic rings. The molecule has 2 aromatic carbocycles. The molecule has 0 fully saturated rings. The fourth-order valence-electron chi connectivity index (χ4n) is 4.14. The third-order valence-electron chi connectivity index (χ3n) is 5.89. The van der Waals surface area contributed by atoms with Crippen LogP contribution in [0.2, 0.25) is 5.02 Å². The lowest BCUT2D eigenvalue weighted by Crippen LogP contribution is -2.15. The van der Waals surface area contributed by atoms with E-state index < -0.39 is 34.9 Å². The van der Waals surface area contributed by atoms with Crippen LogP contribution in [0.1, 0.15) is 39.6 Å². The molecule has 0 spiro atoms. The number of hydrogen-bond donors (Lipinski definition) is 2. The molecule has 12 heteroatoms. The molecule has 0 saturated carbocycles. The number of aromatic carboxylic acids is 1. The van der Waals surface area contributed by atoms with Crippen LogP contribution < -0.4 is 10.7 Å². The quantitative estimate of drug-likeness (QED) is 0.232. The van der Waals surface area contributed by atoms with E-state index in [9.17, 15) is 27.9 Å². The Kier molecular flexibility index (Phi) is 6.36. The smallest absolute Gasteiger partial charge is 0.416 e. The first-order chi connectivity index (χ1) is 17.9. The summed E-state index contributed by atoms with van der Waals surface area (Å²) >= 11 is 7.64. The van der Waals surface area contributed by atoms with E-state index in [-0.39, 0.29) is 33.0 Å². The van der Waals surface area contributed by atoms with Gasteiger partial charge in [-0.2, -0.15) is 13.2 Å². The summed E-state index contributed by atoms with van der Waals surface area (Å²) in [5.74, 6) is -1.21. The van der Waals surface area contributed by atoms with Crippen LogP contribution in [0.15, 0.2) is 57.9 Å². The van der Waals surface area contributed by atoms with Crippen molar-refractivity contribution in [2.75, 3.05) is 5.32 Å². The van der Waals surface area contributed by atoms with Crippen LogP contribution in [0.25, 0.3) is 32.5 Å². The highest BCUT2D eigenvalue weighted by atomic mass is 35.5. The van der Waals surface area contributed by atoms with Crippen molar-refractivity contribution in [3.8, 4) is 11.3 Å². The van der Waals surface area contributed by atoms with Gasteiger partial charge in [0.1, 0.15) is 11.3 Å². The number of nitrogens with one attached hydrogen (secondary N) is 1. The third kappa shape index (κ3) is 4.70. The number of carboxylic acid groups (broad SMARTS) is 1. The molecule has 1 atom stereocenters. The Morgan fingerprint density at radius 2 is 1.95 bits per heavy atom. The highest BCUT2D eigenvalue weighted by Crippen LogP contribution is 2.38. The Labute approximate surface area is 221 Å². The summed E-state index contributed by atoms with van der Waals surface area (Å²) in [7, 11) is 0. The molecule has 0 aliphatic rings. The number of thiazole rings is 1. The fraction of sp³-hybridized carbons (Fsp3) is 0.154. The molecule has 3 heterocycles. The number of carbonyl (C=O) groups is 1. The van der Waals surface area contributed by atoms with Gasteiger partial charge in [0, 0.05) is 23.4 Å². The number of anilines is 1. The third-order valence-corrected chi connectivity index (χ3v) is 7.14. The van der Waals surface area contributed by atoms with Gasteiger partial charge in [0.15, 0.2) is 11.1 Å². The molecule has 0 saturated heterocycles. The van der Waals surface area contributed by atoms with Crippen molar-refractivity contribution in [2.45, 2.75) is 26.1 Å². The minimum atomic E-state index is -4.75. The summed E-state index contributed by atoms with van der Waals surface area (Å²) < 4.78 is 48.3. The largest absolute Gasteiger partial charge is 0.476 e. The fourth-order valence-corrected chi connectivity index (χ4v) is 5.20. The maximum absolute atomic E-state index is 13.8. The van der Waals surface area contributed by atoms with Crippen LogP contribution in [-0.4, -0.2) is 21.0 Å². The zero-order chi connectivity index (χ0) is 27.4. The molecular weight excluding hydrogens is 543 g/mol. The maximum Gasteiger partial charge on any atom is 0.416 e. The van der Waals surface area contributed by atoms with Crippen LogP contribution >= 0.6 is 22.9 Å². The van der Waals surface area contributed by atoms with Gasteiger partial charge in [-0.1, -0.05) is 11.6 Å². The summed E-state index contributed by atoms with van der Waals surface area (Å²) in [6.45, 7) is 3.37. The van der Waals surface area contributed by atoms with Crippen LogP contribution in [0.5, 0.6) is 0 Å². The van der Waals surface area contributed by atoms with Crippen LogP contribution in [-0.2, 0) is 6.18 Å². The lowest BCUT2D eigenvalue weighted by atomic mass is 9.99. The van der Waals surface area contributed by atoms with Crippen molar-refractivity contribution in [3.63, 3.8) is 0 Å². The topological polar surface area (TPSA) is 105 Å². The van der Waals surface area contributed by atoms with Crippen molar-refractivity contribution in [1.82, 2.24) is 9.97 Å². The number of aromatic nitrogens is 2. The lowest BCUT2D eigenvalue weighted by molar-refractivity contribution is -0.137. The summed E-state index contributed by atoms with van der Waals surface area (Å²) in [6.07, 6.45) is -3.55. The molecule has 1 unspecified atom stereocenters. The number of alkyl halides is 3. The predicted molar refractivity (Wildman–Crippen MR) is 139 cm³/mol. The summed E-state index contributed by atoms with van der Waals surface area (Å²) in [4.78, 5) is 32.9. The van der Waals surface area contributed by atoms with E-state index in [2.05, 4.69) is 15.3 Å². The van der Waals surface area contributed by atoms with Gasteiger partial charge in [0.2, 0.25) is 0 Å². The predicted octanol–water partition coefficient (Wildman–Crippen LogP) is 7.32. The number of aryl methyl sites for hydroxylation is 1. The highest BCUT2D eigenvalue weighted by Gasteiger charge is 2.33. The Morgan fingerprint density at radius 1 is 1.18 bits per heavy atom. The number of hydrogen-bond acceptors (Lipinski definition) is 7. The molecule has 5 rings (SSSR count). The van der Waals surface area contributed by atoms with Gasteiger partial charge in [-0.3, -0.25) is 4.79 Å². The minimum Gasteiger partial charge on any atom is -0.476 e. The van der Waals surface area contributed by atoms with Crippen LogP contribution in [0.3, 0.4) is 0 Å². The summed E-state index contributed by atoms with van der Waals surface area (Å²) in [5.41, 5.74) is -0.957. The average Bonchev–Trinajstić information content (AvgIpc) is 3.23. The van der Waals surface area contributed by atoms with Gasteiger partial charge in [-0.15, -0.1) is 11.3 Å². The van der Waals surface area contributed by atoms with Crippen molar-refractivity contribution < 1.29 is 27.5 Å². The van der Waals surface area contributed by atoms with E-state index in [1.54, 1.807) is 18.2 Å². The first-order valence-electron chi connectivity index (χ1n) is 11.1. The number of halogens is 4. The lowest BCUT2D eigenvalue weighted by Gasteiger charge is -2.20. The molecule has 3 aromatic heterocycles. The maximum atomic E-state index is 13.8. The van der Waals surface area contributed by atoms with Gasteiger partial charge < -0.3 is 14.8 Å². The van der Waals surface area contributed by atoms with E-state index in [0.717, 1.165) is 33.4 Å². The summed E-state index contributed by atoms with van der Waals surface area (Å²) in [6, 6.07) is 8.43. The monoisotopic (exact) mass is 559 g/mol. The second kappa shape index (κ2) is 9.41. The SMILES string of the molecule is Cc1nc2ccc(-c3cc(=O)c4cc(C(F)(F)F)cc(C(C)Nc5c(Cl)ccnc5C(=O)O)c4o3)cc2s1. The number of nitrogens with zero attached hydrogens (tertiary/aromatic N) is 2. The van der Waals surface area contributed by atoms with E-state index >= 15 is 0 Å². The zero-order valence-electron chi connectivity index (χ0n) is 19.7. The average molecular weight is 560 g/mol. The normalized spacial score (nSPS) is 12.7. The summed E-state index contributed by atoms with van der Waals surface area (Å²) in [5, 5.41) is 12.9. The second-order valence-electron chi connectivity index (χ2n) is 8.52. The minimum absolute atomic E-state index is 0.0100. The number of rotatable bonds is 5.